The average Bonchev–Trinajstić information content (AvgIpc) is 2.98. The molecule has 0 fully saturated rings. The van der Waals surface area contributed by atoms with Crippen LogP contribution in [-0.2, 0) is 11.3 Å². The molecule has 0 saturated heterocycles. The van der Waals surface area contributed by atoms with Crippen LogP contribution in [0.1, 0.15) is 11.3 Å². The van der Waals surface area contributed by atoms with E-state index in [1.54, 1.807) is 30.3 Å². The quantitative estimate of drug-likeness (QED) is 0.513. The summed E-state index contributed by atoms with van der Waals surface area (Å²) in [5, 5.41) is 10.7. The predicted molar refractivity (Wildman–Crippen MR) is 117 cm³/mol. The first-order valence-electron chi connectivity index (χ1n) is 9.25. The Labute approximate surface area is 177 Å². The van der Waals surface area contributed by atoms with Crippen molar-refractivity contribution in [2.24, 2.45) is 0 Å². The van der Waals surface area contributed by atoms with Crippen molar-refractivity contribution in [3.05, 3.63) is 81.4 Å². The lowest BCUT2D eigenvalue weighted by Crippen LogP contribution is -2.29. The molecular weight excluding hydrogens is 404 g/mol. The zero-order chi connectivity index (χ0) is 21.3. The first-order valence-corrected chi connectivity index (χ1v) is 9.63. The summed E-state index contributed by atoms with van der Waals surface area (Å²) in [6.07, 6.45) is 0. The number of halogens is 1. The lowest BCUT2D eigenvalue weighted by atomic mass is 10.2. The van der Waals surface area contributed by atoms with Gasteiger partial charge < -0.3 is 10.6 Å². The Morgan fingerprint density at radius 2 is 1.83 bits per heavy atom. The molecule has 0 atom stereocenters. The van der Waals surface area contributed by atoms with Gasteiger partial charge in [-0.1, -0.05) is 35.4 Å². The molecule has 0 radical (unpaired) electrons. The minimum atomic E-state index is -0.464. The first-order chi connectivity index (χ1) is 14.4. The third kappa shape index (κ3) is 4.18. The molecule has 0 saturated carbocycles. The Kier molecular flexibility index (Phi) is 5.24. The number of nitrogens with zero attached hydrogens (tertiary/aromatic N) is 4. The number of hydrogen-bond donors (Lipinski definition) is 2. The molecule has 0 aliphatic heterocycles. The van der Waals surface area contributed by atoms with Gasteiger partial charge in [0, 0.05) is 28.2 Å². The van der Waals surface area contributed by atoms with Gasteiger partial charge in [-0.3, -0.25) is 4.79 Å². The lowest BCUT2D eigenvalue weighted by Gasteiger charge is -2.08. The van der Waals surface area contributed by atoms with Gasteiger partial charge in [0.15, 0.2) is 5.65 Å². The number of aryl methyl sites for hydroxylation is 2. The van der Waals surface area contributed by atoms with Crippen molar-refractivity contribution in [1.82, 2.24) is 19.2 Å². The summed E-state index contributed by atoms with van der Waals surface area (Å²) in [6.45, 7) is 3.57. The predicted octanol–water partition coefficient (Wildman–Crippen LogP) is 3.54. The number of fused-ring (bicyclic) bond motifs is 1. The molecule has 2 heterocycles. The van der Waals surface area contributed by atoms with Gasteiger partial charge in [-0.2, -0.15) is 0 Å². The fourth-order valence-corrected chi connectivity index (χ4v) is 3.20. The number of benzene rings is 2. The van der Waals surface area contributed by atoms with Crippen LogP contribution in [0, 0.1) is 13.8 Å². The molecular formula is C21H19ClN6O2. The zero-order valence-corrected chi connectivity index (χ0v) is 17.1. The van der Waals surface area contributed by atoms with Gasteiger partial charge in [-0.15, -0.1) is 5.10 Å². The lowest BCUT2D eigenvalue weighted by molar-refractivity contribution is -0.117. The third-order valence-corrected chi connectivity index (χ3v) is 4.64. The average molecular weight is 423 g/mol. The molecule has 0 bridgehead atoms. The number of carbonyl (C=O) groups excluding carboxylic acids is 1. The molecule has 152 valence electrons. The molecule has 8 nitrogen and oxygen atoms in total. The largest absolute Gasteiger partial charge is 0.353 e. The van der Waals surface area contributed by atoms with Crippen LogP contribution in [0.4, 0.5) is 17.3 Å². The molecule has 2 N–H and O–H groups in total. The van der Waals surface area contributed by atoms with Gasteiger partial charge in [0.25, 0.3) is 0 Å². The minimum Gasteiger partial charge on any atom is -0.325 e. The van der Waals surface area contributed by atoms with Crippen LogP contribution in [0.25, 0.3) is 5.65 Å². The van der Waals surface area contributed by atoms with E-state index in [4.69, 9.17) is 11.6 Å². The Morgan fingerprint density at radius 3 is 2.57 bits per heavy atom. The molecule has 0 spiro atoms. The molecule has 1 amide bonds. The van der Waals surface area contributed by atoms with Crippen LogP contribution in [0.3, 0.4) is 0 Å². The highest BCUT2D eigenvalue weighted by molar-refractivity contribution is 6.30. The summed E-state index contributed by atoms with van der Waals surface area (Å²) in [5.41, 5.74) is 3.09. The topological polar surface area (TPSA) is 93.3 Å². The van der Waals surface area contributed by atoms with Crippen LogP contribution >= 0.6 is 11.6 Å². The fraction of sp³-hybridized carbons (Fsp3) is 0.143. The second kappa shape index (κ2) is 8.00. The second-order valence-electron chi connectivity index (χ2n) is 6.90. The number of amides is 1. The van der Waals surface area contributed by atoms with E-state index in [9.17, 15) is 9.59 Å². The summed E-state index contributed by atoms with van der Waals surface area (Å²) in [6, 6.07) is 16.2. The number of aromatic nitrogens is 4. The standard InChI is InChI=1S/C21H19ClN6O2/c1-13-6-8-16(9-7-13)25-20-23-14(2)10-18-26-27(21(30)28(18)20)12-19(29)24-17-5-3-4-15(22)11-17/h3-11H,12H2,1-2H3,(H,23,25)(H,24,29). The van der Waals surface area contributed by atoms with Gasteiger partial charge in [0.05, 0.1) is 0 Å². The molecule has 30 heavy (non-hydrogen) atoms. The molecule has 2 aromatic carbocycles. The number of rotatable bonds is 5. The summed E-state index contributed by atoms with van der Waals surface area (Å²) in [5.74, 6) is -0.0548. The Hall–Kier alpha value is -3.65. The maximum absolute atomic E-state index is 12.9. The highest BCUT2D eigenvalue weighted by atomic mass is 35.5. The summed E-state index contributed by atoms with van der Waals surface area (Å²) < 4.78 is 2.45. The summed E-state index contributed by atoms with van der Waals surface area (Å²) >= 11 is 5.94. The Balaban J connectivity index is 1.63. The first kappa shape index (κ1) is 19.7. The number of hydrogen-bond acceptors (Lipinski definition) is 5. The van der Waals surface area contributed by atoms with E-state index in [-0.39, 0.29) is 12.5 Å². The van der Waals surface area contributed by atoms with E-state index >= 15 is 0 Å². The Morgan fingerprint density at radius 1 is 1.07 bits per heavy atom. The highest BCUT2D eigenvalue weighted by Crippen LogP contribution is 2.17. The van der Waals surface area contributed by atoms with Crippen molar-refractivity contribution in [1.29, 1.82) is 0 Å². The fourth-order valence-electron chi connectivity index (χ4n) is 3.01. The highest BCUT2D eigenvalue weighted by Gasteiger charge is 2.15. The molecule has 4 rings (SSSR count). The van der Waals surface area contributed by atoms with Gasteiger partial charge in [0.1, 0.15) is 6.54 Å². The van der Waals surface area contributed by atoms with E-state index in [2.05, 4.69) is 20.7 Å². The second-order valence-corrected chi connectivity index (χ2v) is 7.34. The van der Waals surface area contributed by atoms with Crippen molar-refractivity contribution in [3.8, 4) is 0 Å². The van der Waals surface area contributed by atoms with Crippen LogP contribution in [-0.4, -0.2) is 25.1 Å². The van der Waals surface area contributed by atoms with E-state index in [1.165, 1.54) is 4.40 Å². The Bertz CT molecular complexity index is 1290. The SMILES string of the molecule is Cc1ccc(Nc2nc(C)cc3nn(CC(=O)Nc4cccc(Cl)c4)c(=O)n23)cc1. The maximum atomic E-state index is 12.9. The van der Waals surface area contributed by atoms with E-state index in [0.717, 1.165) is 15.9 Å². The number of anilines is 3. The molecule has 0 unspecified atom stereocenters. The summed E-state index contributed by atoms with van der Waals surface area (Å²) in [4.78, 5) is 29.8. The van der Waals surface area contributed by atoms with Crippen LogP contribution in [0.5, 0.6) is 0 Å². The van der Waals surface area contributed by atoms with E-state index < -0.39 is 5.69 Å². The smallest absolute Gasteiger partial charge is 0.325 e. The summed E-state index contributed by atoms with van der Waals surface area (Å²) in [7, 11) is 0. The molecule has 9 heteroatoms. The van der Waals surface area contributed by atoms with Gasteiger partial charge in [-0.05, 0) is 44.2 Å². The van der Waals surface area contributed by atoms with E-state index in [1.807, 2.05) is 38.1 Å². The molecule has 2 aromatic heterocycles. The van der Waals surface area contributed by atoms with Crippen LogP contribution in [0.2, 0.25) is 5.02 Å². The van der Waals surface area contributed by atoms with Gasteiger partial charge in [-0.25, -0.2) is 18.9 Å². The minimum absolute atomic E-state index is 0.240. The number of carbonyl (C=O) groups is 1. The van der Waals surface area contributed by atoms with Crippen LogP contribution in [0.15, 0.2) is 59.4 Å². The normalized spacial score (nSPS) is 10.9. The van der Waals surface area contributed by atoms with Gasteiger partial charge >= 0.3 is 5.69 Å². The van der Waals surface area contributed by atoms with Crippen molar-refractivity contribution in [2.75, 3.05) is 10.6 Å². The van der Waals surface area contributed by atoms with Crippen molar-refractivity contribution in [3.63, 3.8) is 0 Å². The molecule has 0 aliphatic rings. The van der Waals surface area contributed by atoms with Crippen molar-refractivity contribution in [2.45, 2.75) is 20.4 Å². The molecule has 0 aliphatic carbocycles. The van der Waals surface area contributed by atoms with Crippen molar-refractivity contribution < 1.29 is 4.79 Å². The monoisotopic (exact) mass is 422 g/mol. The number of nitrogens with one attached hydrogen (secondary N) is 2. The maximum Gasteiger partial charge on any atom is 0.353 e. The van der Waals surface area contributed by atoms with Crippen LogP contribution < -0.4 is 16.3 Å². The van der Waals surface area contributed by atoms with E-state index in [0.29, 0.717) is 28.0 Å². The molecule has 4 aromatic rings. The van der Waals surface area contributed by atoms with Crippen molar-refractivity contribution >= 4 is 40.5 Å². The van der Waals surface area contributed by atoms with Gasteiger partial charge in [0.2, 0.25) is 11.9 Å². The zero-order valence-electron chi connectivity index (χ0n) is 16.4. The third-order valence-electron chi connectivity index (χ3n) is 4.41.